The molecule has 0 spiro atoms. The summed E-state index contributed by atoms with van der Waals surface area (Å²) in [5, 5.41) is 24.9. The minimum absolute atomic E-state index is 0.00744. The van der Waals surface area contributed by atoms with Gasteiger partial charge in [0.15, 0.2) is 15.6 Å². The average Bonchev–Trinajstić information content (AvgIpc) is 3.28. The maximum absolute atomic E-state index is 15.1. The van der Waals surface area contributed by atoms with E-state index >= 15 is 4.39 Å². The summed E-state index contributed by atoms with van der Waals surface area (Å²) >= 11 is 1.01. The zero-order valence-electron chi connectivity index (χ0n) is 23.9. The van der Waals surface area contributed by atoms with E-state index in [0.29, 0.717) is 28.7 Å². The number of alkyl halides is 6. The summed E-state index contributed by atoms with van der Waals surface area (Å²) in [4.78, 5) is 1.58. The number of nitrogens with one attached hydrogen (secondary N) is 2. The van der Waals surface area contributed by atoms with E-state index in [4.69, 9.17) is 5.11 Å². The molecule has 2 aromatic carbocycles. The number of sulfone groups is 1. The predicted molar refractivity (Wildman–Crippen MR) is 160 cm³/mol. The van der Waals surface area contributed by atoms with Gasteiger partial charge in [-0.1, -0.05) is 24.0 Å². The Hall–Kier alpha value is -3.23. The van der Waals surface area contributed by atoms with Gasteiger partial charge >= 0.3 is 12.8 Å². The highest BCUT2D eigenvalue weighted by Crippen LogP contribution is 2.39. The fourth-order valence-corrected chi connectivity index (χ4v) is 6.76. The molecular weight excluding hydrogens is 648 g/mol. The SMILES string of the molecule is CS(=O)(=O)c1ccc(NCC#Cc2sc3c(NC4CCN(CC(O)CO)CC4F)cccc3c2CC(F)(F)F)c(OC(F)F)c1. The Bertz CT molecular complexity index is 1660. The van der Waals surface area contributed by atoms with Crippen LogP contribution in [-0.4, -0.2) is 93.7 Å². The summed E-state index contributed by atoms with van der Waals surface area (Å²) < 4.78 is 110. The van der Waals surface area contributed by atoms with Gasteiger partial charge in [0.05, 0.1) is 57.6 Å². The highest BCUT2D eigenvalue weighted by Gasteiger charge is 2.33. The van der Waals surface area contributed by atoms with Crippen molar-refractivity contribution in [2.75, 3.05) is 49.7 Å². The molecule has 45 heavy (non-hydrogen) atoms. The minimum atomic E-state index is -4.55. The Kier molecular flexibility index (Phi) is 11.1. The number of halogens is 6. The molecule has 0 aliphatic carbocycles. The number of ether oxygens (including phenoxy) is 1. The molecule has 0 amide bonds. The van der Waals surface area contributed by atoms with Gasteiger partial charge in [-0.15, -0.1) is 11.3 Å². The number of fused-ring (bicyclic) bond motifs is 1. The molecule has 1 aliphatic heterocycles. The quantitative estimate of drug-likeness (QED) is 0.171. The molecule has 1 saturated heterocycles. The van der Waals surface area contributed by atoms with Crippen molar-refractivity contribution >= 4 is 42.6 Å². The second kappa shape index (κ2) is 14.5. The number of hydrogen-bond donors (Lipinski definition) is 4. The Morgan fingerprint density at radius 3 is 2.60 bits per heavy atom. The molecule has 0 saturated carbocycles. The third kappa shape index (κ3) is 9.39. The molecule has 3 atom stereocenters. The number of piperidine rings is 1. The van der Waals surface area contributed by atoms with Crippen LogP contribution in [-0.2, 0) is 16.3 Å². The third-order valence-corrected chi connectivity index (χ3v) is 9.31. The molecule has 4 rings (SSSR count). The number of thiophene rings is 1. The van der Waals surface area contributed by atoms with Crippen LogP contribution in [0.1, 0.15) is 16.9 Å². The Morgan fingerprint density at radius 1 is 1.20 bits per heavy atom. The predicted octanol–water partition coefficient (Wildman–Crippen LogP) is 4.65. The standard InChI is InChI=1S/C29H31F6N3O5S2/c1-45(41,42)18-7-8-23(25(12-18)43-28(31)32)36-10-3-6-26-20(13-29(33,34)35)19-4-2-5-24(27(19)44-26)37-22-9-11-38(15-21(22)30)14-17(40)16-39/h2,4-5,7-8,12,17,21-22,28,36-37,39-40H,9-11,13-16H2,1H3. The summed E-state index contributed by atoms with van der Waals surface area (Å²) in [7, 11) is -3.71. The van der Waals surface area contributed by atoms with Crippen molar-refractivity contribution in [1.29, 1.82) is 0 Å². The molecule has 1 aliphatic rings. The Morgan fingerprint density at radius 2 is 1.96 bits per heavy atom. The van der Waals surface area contributed by atoms with Gasteiger partial charge in [-0.25, -0.2) is 12.8 Å². The first-order valence-electron chi connectivity index (χ1n) is 13.7. The first-order valence-corrected chi connectivity index (χ1v) is 16.4. The fraction of sp³-hybridized carbons (Fsp3) is 0.448. The first-order chi connectivity index (χ1) is 21.1. The smallest absolute Gasteiger partial charge is 0.393 e. The lowest BCUT2D eigenvalue weighted by molar-refractivity contribution is -0.127. The van der Waals surface area contributed by atoms with Crippen molar-refractivity contribution in [3.05, 3.63) is 46.8 Å². The summed E-state index contributed by atoms with van der Waals surface area (Å²) in [5.41, 5.74) is 0.402. The minimum Gasteiger partial charge on any atom is -0.433 e. The van der Waals surface area contributed by atoms with Crippen molar-refractivity contribution in [2.45, 2.75) is 48.8 Å². The van der Waals surface area contributed by atoms with Crippen molar-refractivity contribution in [3.63, 3.8) is 0 Å². The van der Waals surface area contributed by atoms with E-state index in [9.17, 15) is 35.5 Å². The van der Waals surface area contributed by atoms with Gasteiger partial charge in [-0.3, -0.25) is 4.90 Å². The van der Waals surface area contributed by atoms with E-state index < -0.39 is 59.7 Å². The molecule has 16 heteroatoms. The van der Waals surface area contributed by atoms with Gasteiger partial charge in [0.25, 0.3) is 0 Å². The summed E-state index contributed by atoms with van der Waals surface area (Å²) in [5.74, 6) is 4.98. The maximum Gasteiger partial charge on any atom is 0.393 e. The lowest BCUT2D eigenvalue weighted by atomic mass is 10.0. The molecule has 2 heterocycles. The van der Waals surface area contributed by atoms with Gasteiger partial charge < -0.3 is 25.6 Å². The second-order valence-corrected chi connectivity index (χ2v) is 13.5. The first kappa shape index (κ1) is 34.6. The lowest BCUT2D eigenvalue weighted by Crippen LogP contribution is -2.50. The molecule has 3 aromatic rings. The second-order valence-electron chi connectivity index (χ2n) is 10.5. The number of hydrogen-bond acceptors (Lipinski definition) is 9. The fourth-order valence-electron chi connectivity index (χ4n) is 4.95. The van der Waals surface area contributed by atoms with Crippen LogP contribution in [0.15, 0.2) is 41.3 Å². The highest BCUT2D eigenvalue weighted by molar-refractivity contribution is 7.90. The number of rotatable bonds is 11. The largest absolute Gasteiger partial charge is 0.433 e. The van der Waals surface area contributed by atoms with E-state index in [1.165, 1.54) is 18.2 Å². The van der Waals surface area contributed by atoms with Crippen LogP contribution in [0.2, 0.25) is 0 Å². The summed E-state index contributed by atoms with van der Waals surface area (Å²) in [6, 6.07) is 7.46. The summed E-state index contributed by atoms with van der Waals surface area (Å²) in [6.07, 6.45) is -6.88. The van der Waals surface area contributed by atoms with Crippen LogP contribution in [0.4, 0.5) is 37.7 Å². The molecule has 3 unspecified atom stereocenters. The number of aliphatic hydroxyl groups is 2. The average molecular weight is 680 g/mol. The van der Waals surface area contributed by atoms with Crippen LogP contribution in [0.25, 0.3) is 10.1 Å². The number of anilines is 2. The molecule has 4 N–H and O–H groups in total. The van der Waals surface area contributed by atoms with Crippen molar-refractivity contribution < 1.29 is 49.7 Å². The van der Waals surface area contributed by atoms with Gasteiger partial charge in [0.2, 0.25) is 0 Å². The van der Waals surface area contributed by atoms with E-state index in [1.807, 2.05) is 0 Å². The maximum atomic E-state index is 15.1. The van der Waals surface area contributed by atoms with Gasteiger partial charge in [0.1, 0.15) is 6.17 Å². The van der Waals surface area contributed by atoms with Crippen molar-refractivity contribution in [2.24, 2.45) is 0 Å². The normalized spacial score (nSPS) is 18.4. The number of aliphatic hydroxyl groups excluding tert-OH is 2. The molecule has 1 fully saturated rings. The number of nitrogens with zero attached hydrogens (tertiary/aromatic N) is 1. The molecule has 0 bridgehead atoms. The Labute approximate surface area is 259 Å². The molecular formula is C29H31F6N3O5S2. The highest BCUT2D eigenvalue weighted by atomic mass is 32.2. The van der Waals surface area contributed by atoms with Crippen LogP contribution >= 0.6 is 11.3 Å². The van der Waals surface area contributed by atoms with E-state index in [1.54, 1.807) is 17.0 Å². The topological polar surface area (TPSA) is 111 Å². The van der Waals surface area contributed by atoms with E-state index in [2.05, 4.69) is 27.2 Å². The number of benzene rings is 2. The van der Waals surface area contributed by atoms with E-state index in [0.717, 1.165) is 23.7 Å². The van der Waals surface area contributed by atoms with Crippen LogP contribution in [0, 0.1) is 11.8 Å². The zero-order chi connectivity index (χ0) is 32.9. The third-order valence-electron chi connectivity index (χ3n) is 7.01. The van der Waals surface area contributed by atoms with Gasteiger partial charge in [0, 0.05) is 32.0 Å². The van der Waals surface area contributed by atoms with Crippen LogP contribution in [0.5, 0.6) is 5.75 Å². The van der Waals surface area contributed by atoms with Crippen LogP contribution < -0.4 is 15.4 Å². The molecule has 1 aromatic heterocycles. The van der Waals surface area contributed by atoms with Gasteiger partial charge in [-0.05, 0) is 35.6 Å². The molecule has 8 nitrogen and oxygen atoms in total. The van der Waals surface area contributed by atoms with E-state index in [-0.39, 0.29) is 40.7 Å². The molecule has 0 radical (unpaired) electrons. The number of likely N-dealkylation sites (tertiary alicyclic amines) is 1. The monoisotopic (exact) mass is 679 g/mol. The van der Waals surface area contributed by atoms with Crippen molar-refractivity contribution in [1.82, 2.24) is 4.90 Å². The van der Waals surface area contributed by atoms with Crippen LogP contribution in [0.3, 0.4) is 0 Å². The lowest BCUT2D eigenvalue weighted by Gasteiger charge is -2.36. The van der Waals surface area contributed by atoms with Crippen molar-refractivity contribution in [3.8, 4) is 17.6 Å². The number of β-amino-alcohol motifs (C(OH)–C–C–N with tert-alkyl or cyclic N) is 1. The summed E-state index contributed by atoms with van der Waals surface area (Å²) in [6.45, 7) is -3.30. The Balaban J connectivity index is 1.57. The zero-order valence-corrected chi connectivity index (χ0v) is 25.5. The van der Waals surface area contributed by atoms with Gasteiger partial charge in [-0.2, -0.15) is 22.0 Å². The molecule has 246 valence electrons.